The van der Waals surface area contributed by atoms with E-state index in [4.69, 9.17) is 33.2 Å². The Morgan fingerprint density at radius 3 is 1.79 bits per heavy atom. The third-order valence-corrected chi connectivity index (χ3v) is 17.6. The Morgan fingerprint density at radius 1 is 0.648 bits per heavy atom. The van der Waals surface area contributed by atoms with Gasteiger partial charge in [-0.05, 0) is 120 Å². The quantitative estimate of drug-likeness (QED) is 0.119. The van der Waals surface area contributed by atoms with Crippen LogP contribution in [0.2, 0.25) is 0 Å². The predicted octanol–water partition coefficient (Wildman–Crippen LogP) is 8.01. The van der Waals surface area contributed by atoms with Crippen molar-refractivity contribution in [2.75, 3.05) is 18.2 Å². The molecule has 0 amide bonds. The average Bonchev–Trinajstić information content (AvgIpc) is 4.11. The monoisotopic (exact) mass is 971 g/mol. The van der Waals surface area contributed by atoms with Gasteiger partial charge >= 0.3 is 0 Å². The van der Waals surface area contributed by atoms with Crippen LogP contribution in [0.3, 0.4) is 0 Å². The van der Waals surface area contributed by atoms with Gasteiger partial charge in [0.2, 0.25) is 11.4 Å². The van der Waals surface area contributed by atoms with Crippen LogP contribution in [-0.4, -0.2) is 35.4 Å². The van der Waals surface area contributed by atoms with Gasteiger partial charge in [0.15, 0.2) is 12.3 Å². The van der Waals surface area contributed by atoms with Crippen molar-refractivity contribution in [3.05, 3.63) is 181 Å². The van der Waals surface area contributed by atoms with Crippen molar-refractivity contribution in [2.45, 2.75) is 95.6 Å². The molecular weight excluding hydrogens is 910 g/mol. The maximum atomic E-state index is 13.5. The first-order chi connectivity index (χ1) is 34.2. The van der Waals surface area contributed by atoms with Crippen LogP contribution in [0.25, 0.3) is 33.6 Å². The standard InChI is InChI=1S/C60H62N3O3.ClHO4/c1-57-33-34-60(65-35-36-66-60)40-48(57)25-28-50-51(57)29-31-58(2)52(50)30-32-59(58,64)41-62-54(44-17-9-4-10-18-44)37-47(38-55(62)45-19-11-5-12-20-45)42-23-26-49(27-24-42)63-56(46-21-13-6-14-22-46)39-53(61-63)43-15-7-3-8-16-43;2-1(3,4)5/h3-27,37-38,50-52,56,64H,28-36,39-41H2,1-2H3;(H,2,3,4,5)/q+1;/p-1. The van der Waals surface area contributed by atoms with E-state index >= 15 is 0 Å². The Balaban J connectivity index is 0.00000104. The molecule has 1 aromatic heterocycles. The maximum Gasteiger partial charge on any atom is 0.213 e. The molecule has 0 bridgehead atoms. The fraction of sp³-hybridized carbons (Fsp3) is 0.367. The third-order valence-electron chi connectivity index (χ3n) is 17.6. The lowest BCUT2D eigenvalue weighted by molar-refractivity contribution is -2.00. The summed E-state index contributed by atoms with van der Waals surface area (Å²) in [5.74, 6) is 1.26. The molecule has 12 rings (SSSR count). The zero-order chi connectivity index (χ0) is 49.0. The Morgan fingerprint density at radius 2 is 1.20 bits per heavy atom. The first kappa shape index (κ1) is 47.8. The summed E-state index contributed by atoms with van der Waals surface area (Å²) in [4.78, 5) is 0. The van der Waals surface area contributed by atoms with Crippen molar-refractivity contribution in [3.63, 3.8) is 0 Å². The number of hydrazone groups is 1. The van der Waals surface area contributed by atoms with E-state index in [2.05, 4.69) is 187 Å². The Hall–Kier alpha value is -5.53. The third kappa shape index (κ3) is 9.08. The molecule has 2 aliphatic heterocycles. The van der Waals surface area contributed by atoms with Crippen LogP contribution in [0.4, 0.5) is 5.69 Å². The van der Waals surface area contributed by atoms with Crippen LogP contribution in [0.1, 0.15) is 88.8 Å². The van der Waals surface area contributed by atoms with E-state index in [0.29, 0.717) is 37.5 Å². The zero-order valence-corrected chi connectivity index (χ0v) is 41.3. The Labute approximate surface area is 419 Å². The zero-order valence-electron chi connectivity index (χ0n) is 40.5. The van der Waals surface area contributed by atoms with Gasteiger partial charge in [-0.3, -0.25) is 5.01 Å². The van der Waals surface area contributed by atoms with Gasteiger partial charge in [0.25, 0.3) is 0 Å². The van der Waals surface area contributed by atoms with Gasteiger partial charge in [0.1, 0.15) is 5.60 Å². The molecule has 3 heterocycles. The molecule has 71 heavy (non-hydrogen) atoms. The summed E-state index contributed by atoms with van der Waals surface area (Å²) in [6.07, 6.45) is 11.6. The molecule has 5 aromatic carbocycles. The number of aromatic nitrogens is 1. The molecule has 7 atom stereocenters. The normalized spacial score (nSPS) is 28.5. The fourth-order valence-corrected chi connectivity index (χ4v) is 13.9. The lowest BCUT2D eigenvalue weighted by atomic mass is 9.46. The molecular formula is C60H62ClN3O7. The Kier molecular flexibility index (Phi) is 12.7. The number of aliphatic hydroxyl groups is 1. The van der Waals surface area contributed by atoms with Gasteiger partial charge in [-0.25, -0.2) is 18.6 Å². The number of pyridine rings is 1. The van der Waals surface area contributed by atoms with Gasteiger partial charge in [-0.15, -0.1) is 10.2 Å². The van der Waals surface area contributed by atoms with Gasteiger partial charge in [0.05, 0.1) is 30.7 Å². The van der Waals surface area contributed by atoms with E-state index in [9.17, 15) is 5.11 Å². The van der Waals surface area contributed by atoms with Crippen LogP contribution in [0.5, 0.6) is 0 Å². The van der Waals surface area contributed by atoms with Gasteiger partial charge < -0.3 is 14.6 Å². The molecule has 1 spiro atoms. The molecule has 1 saturated heterocycles. The van der Waals surface area contributed by atoms with Crippen molar-refractivity contribution < 1.29 is 48.0 Å². The highest BCUT2D eigenvalue weighted by molar-refractivity contribution is 6.03. The second kappa shape index (κ2) is 18.8. The summed E-state index contributed by atoms with van der Waals surface area (Å²) in [6, 6.07) is 56.8. The fourth-order valence-electron chi connectivity index (χ4n) is 13.9. The summed E-state index contributed by atoms with van der Waals surface area (Å²) in [5, 5.41) is 21.0. The SMILES string of the molecule is CC12CCC3(CC1=CCC1C2CCC2(C)C1CCC2(O)C[n+]1c(-c2ccccc2)cc(-c2ccc(N4N=C(c5ccccc5)CC4c4ccccc4)cc2)cc1-c1ccccc1)OCCO3.[O-][Cl+3]([O-])([O-])[O-]. The minimum atomic E-state index is -4.94. The predicted molar refractivity (Wildman–Crippen MR) is 263 cm³/mol. The van der Waals surface area contributed by atoms with Crippen LogP contribution in [-0.2, 0) is 16.0 Å². The van der Waals surface area contributed by atoms with Gasteiger partial charge in [-0.2, -0.15) is 9.67 Å². The summed E-state index contributed by atoms with van der Waals surface area (Å²) in [6.45, 7) is 6.96. The number of halogens is 1. The molecule has 0 radical (unpaired) electrons. The van der Waals surface area contributed by atoms with Gasteiger partial charge in [0, 0.05) is 47.9 Å². The highest BCUT2D eigenvalue weighted by Gasteiger charge is 2.66. The molecule has 11 heteroatoms. The van der Waals surface area contributed by atoms with Crippen LogP contribution in [0, 0.1) is 38.8 Å². The minimum Gasteiger partial charge on any atom is -0.383 e. The first-order valence-electron chi connectivity index (χ1n) is 25.3. The van der Waals surface area contributed by atoms with Crippen molar-refractivity contribution in [3.8, 4) is 33.6 Å². The number of nitrogens with zero attached hydrogens (tertiary/aromatic N) is 3. The number of hydrogen-bond donors (Lipinski definition) is 1. The number of hydrogen-bond acceptors (Lipinski definition) is 9. The van der Waals surface area contributed by atoms with E-state index < -0.39 is 21.6 Å². The minimum absolute atomic E-state index is 0.104. The van der Waals surface area contributed by atoms with Crippen LogP contribution >= 0.6 is 0 Å². The molecule has 6 aliphatic rings. The summed E-state index contributed by atoms with van der Waals surface area (Å²) in [5.41, 5.74) is 12.1. The number of anilines is 1. The molecule has 10 nitrogen and oxygen atoms in total. The van der Waals surface area contributed by atoms with E-state index in [0.717, 1.165) is 103 Å². The molecule has 6 aromatic rings. The molecule has 1 N–H and O–H groups in total. The number of fused-ring (bicyclic) bond motifs is 5. The van der Waals surface area contributed by atoms with Crippen molar-refractivity contribution in [1.29, 1.82) is 0 Å². The number of allylic oxidation sites excluding steroid dienone is 1. The molecule has 366 valence electrons. The summed E-state index contributed by atoms with van der Waals surface area (Å²) < 4.78 is 48.9. The highest BCUT2D eigenvalue weighted by atomic mass is 35.7. The van der Waals surface area contributed by atoms with E-state index in [1.165, 1.54) is 11.1 Å². The summed E-state index contributed by atoms with van der Waals surface area (Å²) >= 11 is 0. The first-order valence-corrected chi connectivity index (χ1v) is 26.5. The van der Waals surface area contributed by atoms with Crippen LogP contribution < -0.4 is 28.2 Å². The molecule has 7 unspecified atom stereocenters. The number of benzene rings is 5. The van der Waals surface area contributed by atoms with Crippen molar-refractivity contribution in [2.24, 2.45) is 33.7 Å². The lowest BCUT2D eigenvalue weighted by Crippen LogP contribution is -2.68. The van der Waals surface area contributed by atoms with Gasteiger partial charge in [-0.1, -0.05) is 135 Å². The largest absolute Gasteiger partial charge is 0.383 e. The summed E-state index contributed by atoms with van der Waals surface area (Å²) in [7, 11) is -4.94. The van der Waals surface area contributed by atoms with Crippen LogP contribution in [0.15, 0.2) is 174 Å². The Bertz CT molecular complexity index is 2840. The molecule has 4 fully saturated rings. The average molecular weight is 973 g/mol. The van der Waals surface area contributed by atoms with Crippen molar-refractivity contribution in [1.82, 2.24) is 0 Å². The second-order valence-electron chi connectivity index (χ2n) is 21.2. The van der Waals surface area contributed by atoms with E-state index in [1.807, 2.05) is 0 Å². The highest BCUT2D eigenvalue weighted by Crippen LogP contribution is 2.68. The molecule has 3 saturated carbocycles. The van der Waals surface area contributed by atoms with Crippen molar-refractivity contribution >= 4 is 11.4 Å². The van der Waals surface area contributed by atoms with E-state index in [-0.39, 0.29) is 16.9 Å². The second-order valence-corrected chi connectivity index (χ2v) is 22.0. The van der Waals surface area contributed by atoms with E-state index in [1.54, 1.807) is 5.57 Å². The number of ether oxygens (including phenoxy) is 2. The lowest BCUT2D eigenvalue weighted by Gasteiger charge is -2.59. The topological polar surface area (TPSA) is 150 Å². The number of rotatable bonds is 8. The maximum absolute atomic E-state index is 13.5. The smallest absolute Gasteiger partial charge is 0.213 e. The molecule has 4 aliphatic carbocycles.